The maximum Gasteiger partial charge on any atom is 0.255 e. The molecule has 1 N–H and O–H groups in total. The maximum absolute atomic E-state index is 13.0. The number of amides is 3. The van der Waals surface area contributed by atoms with Crippen LogP contribution >= 0.6 is 0 Å². The molecule has 2 aromatic carbocycles. The van der Waals surface area contributed by atoms with Gasteiger partial charge in [-0.2, -0.15) is 5.26 Å². The van der Waals surface area contributed by atoms with E-state index in [4.69, 9.17) is 4.74 Å². The van der Waals surface area contributed by atoms with Crippen molar-refractivity contribution in [3.63, 3.8) is 0 Å². The van der Waals surface area contributed by atoms with Gasteiger partial charge in [0.25, 0.3) is 5.91 Å². The van der Waals surface area contributed by atoms with Gasteiger partial charge < -0.3 is 9.64 Å². The Labute approximate surface area is 216 Å². The summed E-state index contributed by atoms with van der Waals surface area (Å²) in [6.07, 6.45) is 5.05. The molecular formula is C29H30N4O4. The third-order valence-electron chi connectivity index (χ3n) is 8.35. The molecule has 3 amide bonds. The zero-order valence-corrected chi connectivity index (χ0v) is 20.7. The SMILES string of the molecule is N#Cc1ccccc1C1CN([C@@H]2CCCC[C@H]2Oc2ccc3c(c2)CN(C2CCC(=O)NC2=O)C3=O)C1. The number of rotatable bonds is 5. The molecule has 1 aliphatic carbocycles. The molecular weight excluding hydrogens is 468 g/mol. The molecule has 2 aromatic rings. The fourth-order valence-corrected chi connectivity index (χ4v) is 6.37. The minimum Gasteiger partial charge on any atom is -0.489 e. The molecule has 190 valence electrons. The zero-order valence-electron chi connectivity index (χ0n) is 20.7. The first kappa shape index (κ1) is 23.7. The van der Waals surface area contributed by atoms with Crippen LogP contribution in [0.1, 0.15) is 71.5 Å². The van der Waals surface area contributed by atoms with Crippen LogP contribution in [-0.2, 0) is 16.1 Å². The highest BCUT2D eigenvalue weighted by atomic mass is 16.5. The van der Waals surface area contributed by atoms with E-state index in [2.05, 4.69) is 22.4 Å². The van der Waals surface area contributed by atoms with Crippen LogP contribution in [0.2, 0.25) is 0 Å². The molecule has 0 radical (unpaired) electrons. The Morgan fingerprint density at radius 3 is 2.62 bits per heavy atom. The van der Waals surface area contributed by atoms with E-state index in [9.17, 15) is 19.6 Å². The van der Waals surface area contributed by atoms with Crippen LogP contribution in [0.4, 0.5) is 0 Å². The van der Waals surface area contributed by atoms with Gasteiger partial charge in [-0.1, -0.05) is 24.6 Å². The highest BCUT2D eigenvalue weighted by Gasteiger charge is 2.41. The van der Waals surface area contributed by atoms with Gasteiger partial charge in [0.15, 0.2) is 0 Å². The molecule has 8 heteroatoms. The summed E-state index contributed by atoms with van der Waals surface area (Å²) in [5.74, 6) is 0.272. The summed E-state index contributed by atoms with van der Waals surface area (Å²) in [4.78, 5) is 40.9. The van der Waals surface area contributed by atoms with E-state index in [1.807, 2.05) is 30.3 Å². The second-order valence-electron chi connectivity index (χ2n) is 10.6. The van der Waals surface area contributed by atoms with Crippen molar-refractivity contribution in [2.45, 2.75) is 69.2 Å². The van der Waals surface area contributed by atoms with Gasteiger partial charge in [0, 0.05) is 43.6 Å². The summed E-state index contributed by atoms with van der Waals surface area (Å²) in [6, 6.07) is 15.5. The average Bonchev–Trinajstić information content (AvgIpc) is 3.20. The van der Waals surface area contributed by atoms with Crippen molar-refractivity contribution in [3.05, 3.63) is 64.7 Å². The van der Waals surface area contributed by atoms with Gasteiger partial charge in [-0.05, 0) is 61.1 Å². The van der Waals surface area contributed by atoms with Gasteiger partial charge in [-0.25, -0.2) is 0 Å². The number of piperidine rings is 1. The normalized spacial score (nSPS) is 26.3. The van der Waals surface area contributed by atoms with Crippen molar-refractivity contribution >= 4 is 17.7 Å². The zero-order chi connectivity index (χ0) is 25.5. The molecule has 3 aliphatic heterocycles. The van der Waals surface area contributed by atoms with Crippen molar-refractivity contribution < 1.29 is 19.1 Å². The predicted octanol–water partition coefficient (Wildman–Crippen LogP) is 3.11. The average molecular weight is 499 g/mol. The molecule has 3 atom stereocenters. The highest BCUT2D eigenvalue weighted by molar-refractivity contribution is 6.05. The Hall–Kier alpha value is -3.70. The van der Waals surface area contributed by atoms with Crippen molar-refractivity contribution in [3.8, 4) is 11.8 Å². The van der Waals surface area contributed by atoms with E-state index >= 15 is 0 Å². The van der Waals surface area contributed by atoms with E-state index in [-0.39, 0.29) is 24.3 Å². The molecule has 1 saturated carbocycles. The van der Waals surface area contributed by atoms with Crippen LogP contribution in [0.5, 0.6) is 5.75 Å². The van der Waals surface area contributed by atoms with E-state index in [1.54, 1.807) is 11.0 Å². The van der Waals surface area contributed by atoms with E-state index < -0.39 is 11.9 Å². The first-order valence-corrected chi connectivity index (χ1v) is 13.2. The smallest absolute Gasteiger partial charge is 0.255 e. The van der Waals surface area contributed by atoms with Crippen LogP contribution in [0.3, 0.4) is 0 Å². The molecule has 3 heterocycles. The summed E-state index contributed by atoms with van der Waals surface area (Å²) in [6.45, 7) is 2.21. The lowest BCUT2D eigenvalue weighted by molar-refractivity contribution is -0.136. The predicted molar refractivity (Wildman–Crippen MR) is 135 cm³/mol. The number of nitrogens with one attached hydrogen (secondary N) is 1. The lowest BCUT2D eigenvalue weighted by atomic mass is 9.83. The molecule has 8 nitrogen and oxygen atoms in total. The van der Waals surface area contributed by atoms with Crippen LogP contribution in [0.25, 0.3) is 0 Å². The van der Waals surface area contributed by atoms with Gasteiger partial charge in [-0.3, -0.25) is 24.6 Å². The molecule has 37 heavy (non-hydrogen) atoms. The Morgan fingerprint density at radius 1 is 1.00 bits per heavy atom. The summed E-state index contributed by atoms with van der Waals surface area (Å²) in [5.41, 5.74) is 3.36. The number of ether oxygens (including phenoxy) is 1. The van der Waals surface area contributed by atoms with Gasteiger partial charge >= 0.3 is 0 Å². The molecule has 0 bridgehead atoms. The third kappa shape index (κ3) is 4.38. The number of carbonyl (C=O) groups excluding carboxylic acids is 3. The van der Waals surface area contributed by atoms with Crippen molar-refractivity contribution in [2.24, 2.45) is 0 Å². The number of hydrogen-bond acceptors (Lipinski definition) is 6. The van der Waals surface area contributed by atoms with E-state index in [1.165, 1.54) is 6.42 Å². The summed E-state index contributed by atoms with van der Waals surface area (Å²) in [7, 11) is 0. The first-order valence-electron chi connectivity index (χ1n) is 13.2. The second kappa shape index (κ2) is 9.64. The fourth-order valence-electron chi connectivity index (χ4n) is 6.37. The third-order valence-corrected chi connectivity index (χ3v) is 8.35. The van der Waals surface area contributed by atoms with Crippen molar-refractivity contribution in [2.75, 3.05) is 13.1 Å². The first-order chi connectivity index (χ1) is 18.0. The van der Waals surface area contributed by atoms with Gasteiger partial charge in [0.05, 0.1) is 11.6 Å². The van der Waals surface area contributed by atoms with Crippen LogP contribution in [0, 0.1) is 11.3 Å². The number of nitrogens with zero attached hydrogens (tertiary/aromatic N) is 3. The van der Waals surface area contributed by atoms with Crippen molar-refractivity contribution in [1.82, 2.24) is 15.1 Å². The number of nitriles is 1. The molecule has 2 saturated heterocycles. The van der Waals surface area contributed by atoms with E-state index in [0.29, 0.717) is 30.5 Å². The van der Waals surface area contributed by atoms with Crippen LogP contribution < -0.4 is 10.1 Å². The Bertz CT molecular complexity index is 1300. The fraction of sp³-hybridized carbons (Fsp3) is 0.448. The number of benzene rings is 2. The van der Waals surface area contributed by atoms with Gasteiger partial charge in [-0.15, -0.1) is 0 Å². The highest BCUT2D eigenvalue weighted by Crippen LogP contribution is 2.37. The number of carbonyl (C=O) groups is 3. The summed E-state index contributed by atoms with van der Waals surface area (Å²) >= 11 is 0. The van der Waals surface area contributed by atoms with E-state index in [0.717, 1.165) is 54.8 Å². The molecule has 4 aliphatic rings. The van der Waals surface area contributed by atoms with Crippen molar-refractivity contribution in [1.29, 1.82) is 5.26 Å². The largest absolute Gasteiger partial charge is 0.489 e. The Balaban J connectivity index is 1.12. The monoisotopic (exact) mass is 498 g/mol. The molecule has 1 unspecified atom stereocenters. The quantitative estimate of drug-likeness (QED) is 0.636. The number of likely N-dealkylation sites (tertiary alicyclic amines) is 1. The van der Waals surface area contributed by atoms with Crippen LogP contribution in [-0.4, -0.2) is 58.8 Å². The van der Waals surface area contributed by atoms with Gasteiger partial charge in [0.1, 0.15) is 17.9 Å². The molecule has 6 rings (SSSR count). The maximum atomic E-state index is 13.0. The minimum atomic E-state index is -0.616. The summed E-state index contributed by atoms with van der Waals surface area (Å²) < 4.78 is 6.54. The topological polar surface area (TPSA) is 103 Å². The Kier molecular flexibility index (Phi) is 6.17. The summed E-state index contributed by atoms with van der Waals surface area (Å²) in [5, 5.41) is 11.8. The minimum absolute atomic E-state index is 0.0716. The standard InChI is InChI=1S/C29H30N4O4/c30-14-18-5-1-2-6-22(18)20-15-32(16-20)24-7-3-4-8-26(24)37-21-9-10-23-19(13-21)17-33(29(23)36)25-11-12-27(34)31-28(25)35/h1-2,5-6,9-10,13,20,24-26H,3-4,7-8,11-12,15-17H2,(H,31,34,35)/t24-,25?,26-/m1/s1. The number of hydrogen-bond donors (Lipinski definition) is 1. The lowest BCUT2D eigenvalue weighted by Gasteiger charge is -2.48. The number of fused-ring (bicyclic) bond motifs is 1. The van der Waals surface area contributed by atoms with Crippen LogP contribution in [0.15, 0.2) is 42.5 Å². The lowest BCUT2D eigenvalue weighted by Crippen LogP contribution is -2.57. The molecule has 0 aromatic heterocycles. The Morgan fingerprint density at radius 2 is 1.81 bits per heavy atom. The van der Waals surface area contributed by atoms with Gasteiger partial charge in [0.2, 0.25) is 11.8 Å². The second-order valence-corrected chi connectivity index (χ2v) is 10.6. The molecule has 0 spiro atoms. The number of imide groups is 1. The molecule has 3 fully saturated rings.